The maximum absolute atomic E-state index is 9.95. The summed E-state index contributed by atoms with van der Waals surface area (Å²) in [5, 5.41) is 28.8. The number of hydrogen-bond acceptors (Lipinski definition) is 5. The fourth-order valence-electron chi connectivity index (χ4n) is 2.63. The summed E-state index contributed by atoms with van der Waals surface area (Å²) in [5.41, 5.74) is 0. The molecule has 5 nitrogen and oxygen atoms in total. The molecule has 0 amide bonds. The van der Waals surface area contributed by atoms with Crippen molar-refractivity contribution in [1.29, 1.82) is 0 Å². The zero-order valence-electron chi connectivity index (χ0n) is 12.7. The maximum Gasteiger partial charge on any atom is 0.169 e. The monoisotopic (exact) mass is 249 g/mol. The van der Waals surface area contributed by atoms with Crippen molar-refractivity contribution in [1.82, 2.24) is 0 Å². The second kappa shape index (κ2) is 5.20. The Hall–Kier alpha value is -0.200. The van der Waals surface area contributed by atoms with E-state index in [1.807, 2.05) is 0 Å². The molecule has 1 heterocycles. The van der Waals surface area contributed by atoms with E-state index in [1.54, 1.807) is 0 Å². The number of aliphatic hydroxyl groups is 3. The molecule has 1 saturated carbocycles. The van der Waals surface area contributed by atoms with Gasteiger partial charge in [0.05, 0.1) is 12.7 Å². The molecule has 0 unspecified atom stereocenters. The van der Waals surface area contributed by atoms with Crippen molar-refractivity contribution in [2.75, 3.05) is 6.61 Å². The van der Waals surface area contributed by atoms with Gasteiger partial charge in [0.2, 0.25) is 0 Å². The average molecular weight is 249 g/mol. The molecule has 0 aromatic heterocycles. The van der Waals surface area contributed by atoms with E-state index >= 15 is 0 Å². The van der Waals surface area contributed by atoms with E-state index in [9.17, 15) is 10.2 Å². The maximum atomic E-state index is 9.95. The SMILES string of the molecule is [2H]C([2H])([2H])[C@H](O)[C@@H]1OC2(CCCCC2)O[C@@H]1[C@H](O)CO. The fourth-order valence-corrected chi connectivity index (χ4v) is 2.63. The Morgan fingerprint density at radius 3 is 2.47 bits per heavy atom. The molecule has 0 aromatic carbocycles. The lowest BCUT2D eigenvalue weighted by molar-refractivity contribution is -0.205. The van der Waals surface area contributed by atoms with Gasteiger partial charge in [-0.05, 0) is 19.7 Å². The topological polar surface area (TPSA) is 79.2 Å². The van der Waals surface area contributed by atoms with Crippen LogP contribution in [-0.4, -0.2) is 52.1 Å². The Labute approximate surface area is 106 Å². The highest BCUT2D eigenvalue weighted by Crippen LogP contribution is 2.42. The second-order valence-electron chi connectivity index (χ2n) is 4.83. The van der Waals surface area contributed by atoms with Crippen LogP contribution >= 0.6 is 0 Å². The standard InChI is InChI=1S/C12H22O5/c1-8(14)10-11(9(15)7-13)17-12(16-10)5-3-2-4-6-12/h8-11,13-15H,2-7H2,1H3/t8-,9+,10-,11+/m0/s1/i1D3. The molecule has 100 valence electrons. The van der Waals surface area contributed by atoms with Crippen molar-refractivity contribution in [2.24, 2.45) is 0 Å². The first-order valence-electron chi connectivity index (χ1n) is 7.62. The summed E-state index contributed by atoms with van der Waals surface area (Å²) in [6.07, 6.45) is -1.20. The smallest absolute Gasteiger partial charge is 0.169 e. The molecule has 1 aliphatic carbocycles. The summed E-state index contributed by atoms with van der Waals surface area (Å²) in [4.78, 5) is 0. The molecule has 3 N–H and O–H groups in total. The second-order valence-corrected chi connectivity index (χ2v) is 4.83. The predicted molar refractivity (Wildman–Crippen MR) is 60.3 cm³/mol. The lowest BCUT2D eigenvalue weighted by atomic mass is 9.94. The van der Waals surface area contributed by atoms with Crippen molar-refractivity contribution in [3.8, 4) is 0 Å². The van der Waals surface area contributed by atoms with Gasteiger partial charge in [0, 0.05) is 17.0 Å². The van der Waals surface area contributed by atoms with Gasteiger partial charge in [-0.3, -0.25) is 0 Å². The van der Waals surface area contributed by atoms with Gasteiger partial charge >= 0.3 is 0 Å². The molecule has 5 heteroatoms. The van der Waals surface area contributed by atoms with Gasteiger partial charge in [-0.15, -0.1) is 0 Å². The lowest BCUT2D eigenvalue weighted by Crippen LogP contribution is -2.42. The molecule has 0 radical (unpaired) electrons. The summed E-state index contributed by atoms with van der Waals surface area (Å²) in [5.74, 6) is -0.935. The minimum absolute atomic E-state index is 0.575. The summed E-state index contributed by atoms with van der Waals surface area (Å²) in [7, 11) is 0. The number of rotatable bonds is 3. The van der Waals surface area contributed by atoms with Gasteiger partial charge < -0.3 is 24.8 Å². The normalized spacial score (nSPS) is 39.4. The third kappa shape index (κ3) is 2.63. The first kappa shape index (κ1) is 9.69. The molecular weight excluding hydrogens is 224 g/mol. The Morgan fingerprint density at radius 2 is 1.88 bits per heavy atom. The van der Waals surface area contributed by atoms with Crippen LogP contribution in [-0.2, 0) is 9.47 Å². The van der Waals surface area contributed by atoms with Crippen LogP contribution in [0, 0.1) is 0 Å². The van der Waals surface area contributed by atoms with Crippen LogP contribution in [0.2, 0.25) is 0 Å². The van der Waals surface area contributed by atoms with E-state index in [2.05, 4.69) is 0 Å². The van der Waals surface area contributed by atoms with Crippen LogP contribution in [0.25, 0.3) is 0 Å². The zero-order chi connectivity index (χ0) is 15.0. The third-order valence-corrected chi connectivity index (χ3v) is 3.52. The van der Waals surface area contributed by atoms with Gasteiger partial charge in [0.1, 0.15) is 18.3 Å². The van der Waals surface area contributed by atoms with E-state index < -0.39 is 43.7 Å². The van der Waals surface area contributed by atoms with Gasteiger partial charge in [-0.2, -0.15) is 0 Å². The Balaban J connectivity index is 2.18. The van der Waals surface area contributed by atoms with Crippen LogP contribution in [0.3, 0.4) is 0 Å². The van der Waals surface area contributed by atoms with Gasteiger partial charge in [0.15, 0.2) is 5.79 Å². The third-order valence-electron chi connectivity index (χ3n) is 3.52. The molecule has 2 fully saturated rings. The van der Waals surface area contributed by atoms with Crippen molar-refractivity contribution in [2.45, 2.75) is 69.2 Å². The first-order valence-corrected chi connectivity index (χ1v) is 6.12. The number of ether oxygens (including phenoxy) is 2. The van der Waals surface area contributed by atoms with E-state index in [0.29, 0.717) is 12.8 Å². The summed E-state index contributed by atoms with van der Waals surface area (Å²) < 4.78 is 33.3. The molecule has 2 aliphatic rings. The Bertz CT molecular complexity index is 330. The molecule has 0 aromatic rings. The zero-order valence-corrected chi connectivity index (χ0v) is 9.71. The molecule has 2 rings (SSSR count). The van der Waals surface area contributed by atoms with E-state index in [0.717, 1.165) is 19.3 Å². The van der Waals surface area contributed by atoms with E-state index in [1.165, 1.54) is 0 Å². The van der Waals surface area contributed by atoms with Gasteiger partial charge in [-0.25, -0.2) is 0 Å². The number of hydrogen-bond donors (Lipinski definition) is 3. The molecule has 0 bridgehead atoms. The van der Waals surface area contributed by atoms with Crippen LogP contribution in [0.15, 0.2) is 0 Å². The molecule has 1 aliphatic heterocycles. The van der Waals surface area contributed by atoms with Crippen molar-refractivity contribution < 1.29 is 28.9 Å². The van der Waals surface area contributed by atoms with E-state index in [4.69, 9.17) is 18.7 Å². The highest BCUT2D eigenvalue weighted by Gasteiger charge is 2.51. The largest absolute Gasteiger partial charge is 0.394 e. The Morgan fingerprint density at radius 1 is 1.24 bits per heavy atom. The lowest BCUT2D eigenvalue weighted by Gasteiger charge is -2.32. The summed E-state index contributed by atoms with van der Waals surface area (Å²) >= 11 is 0. The number of aliphatic hydroxyl groups excluding tert-OH is 3. The molecular formula is C12H22O5. The molecule has 17 heavy (non-hydrogen) atoms. The van der Waals surface area contributed by atoms with Crippen molar-refractivity contribution in [3.05, 3.63) is 0 Å². The van der Waals surface area contributed by atoms with Crippen LogP contribution in [0.4, 0.5) is 0 Å². The van der Waals surface area contributed by atoms with Crippen LogP contribution in [0.5, 0.6) is 0 Å². The van der Waals surface area contributed by atoms with Gasteiger partial charge in [0.25, 0.3) is 0 Å². The Kier molecular flexibility index (Phi) is 2.96. The molecule has 4 atom stereocenters. The van der Waals surface area contributed by atoms with Gasteiger partial charge in [-0.1, -0.05) is 6.42 Å². The first-order chi connectivity index (χ1) is 9.29. The fraction of sp³-hybridized carbons (Fsp3) is 1.00. The van der Waals surface area contributed by atoms with E-state index in [-0.39, 0.29) is 0 Å². The highest BCUT2D eigenvalue weighted by molar-refractivity contribution is 4.93. The molecule has 1 saturated heterocycles. The summed E-state index contributed by atoms with van der Waals surface area (Å²) in [6, 6.07) is 0. The van der Waals surface area contributed by atoms with Crippen LogP contribution in [0.1, 0.15) is 43.1 Å². The average Bonchev–Trinajstić information content (AvgIpc) is 2.76. The van der Waals surface area contributed by atoms with Crippen LogP contribution < -0.4 is 0 Å². The minimum Gasteiger partial charge on any atom is -0.394 e. The predicted octanol–water partition coefficient (Wildman–Crippen LogP) is 0.165. The highest BCUT2D eigenvalue weighted by atomic mass is 16.8. The minimum atomic E-state index is -2.62. The van der Waals surface area contributed by atoms with Crippen molar-refractivity contribution >= 4 is 0 Å². The summed E-state index contributed by atoms with van der Waals surface area (Å²) in [6.45, 7) is -3.20. The van der Waals surface area contributed by atoms with Crippen molar-refractivity contribution in [3.63, 3.8) is 0 Å². The molecule has 1 spiro atoms. The quantitative estimate of drug-likeness (QED) is 0.664.